The minimum absolute atomic E-state index is 0.0601. The van der Waals surface area contributed by atoms with Crippen molar-refractivity contribution in [3.05, 3.63) is 11.4 Å². The van der Waals surface area contributed by atoms with Crippen LogP contribution < -0.4 is 0 Å². The largest absolute Gasteiger partial charge is 0.461 e. The number of hydrogen-bond donors (Lipinski definition) is 1. The fourth-order valence-corrected chi connectivity index (χ4v) is 1.95. The minimum atomic E-state index is -0.736. The summed E-state index contributed by atoms with van der Waals surface area (Å²) in [5, 5.41) is 17.5. The zero-order chi connectivity index (χ0) is 15.7. The molecule has 1 N–H and O–H groups in total. The van der Waals surface area contributed by atoms with Gasteiger partial charge in [-0.2, -0.15) is 0 Å². The van der Waals surface area contributed by atoms with Crippen LogP contribution in [0.4, 0.5) is 0 Å². The Morgan fingerprint density at radius 3 is 2.86 bits per heavy atom. The van der Waals surface area contributed by atoms with E-state index in [1.54, 1.807) is 6.92 Å². The average Bonchev–Trinajstić information content (AvgIpc) is 2.86. The Kier molecular flexibility index (Phi) is 8.26. The molecular weight excluding hydrogens is 298 g/mol. The molecule has 0 fully saturated rings. The quantitative estimate of drug-likeness (QED) is 0.398. The van der Waals surface area contributed by atoms with Gasteiger partial charge >= 0.3 is 5.97 Å². The molecule has 120 valence electrons. The zero-order valence-electron chi connectivity index (χ0n) is 12.4. The molecule has 0 saturated carbocycles. The van der Waals surface area contributed by atoms with Gasteiger partial charge in [0.2, 0.25) is 0 Å². The maximum Gasteiger partial charge on any atom is 0.360 e. The number of rotatable bonds is 10. The van der Waals surface area contributed by atoms with Crippen molar-refractivity contribution < 1.29 is 19.4 Å². The van der Waals surface area contributed by atoms with Crippen LogP contribution in [0.2, 0.25) is 0 Å². The topological polar surface area (TPSA) is 86.5 Å². The van der Waals surface area contributed by atoms with Crippen molar-refractivity contribution >= 4 is 17.6 Å². The van der Waals surface area contributed by atoms with Gasteiger partial charge in [0, 0.05) is 6.61 Å². The van der Waals surface area contributed by atoms with Gasteiger partial charge in [0.15, 0.2) is 5.69 Å². The summed E-state index contributed by atoms with van der Waals surface area (Å²) in [7, 11) is 0. The van der Waals surface area contributed by atoms with Crippen LogP contribution in [-0.2, 0) is 21.9 Å². The molecule has 1 rings (SSSR count). The van der Waals surface area contributed by atoms with E-state index >= 15 is 0 Å². The number of halogens is 1. The lowest BCUT2D eigenvalue weighted by Crippen LogP contribution is -2.24. The summed E-state index contributed by atoms with van der Waals surface area (Å²) < 4.78 is 11.6. The van der Waals surface area contributed by atoms with Crippen molar-refractivity contribution in [2.24, 2.45) is 0 Å². The lowest BCUT2D eigenvalue weighted by Gasteiger charge is -2.12. The Labute approximate surface area is 129 Å². The van der Waals surface area contributed by atoms with Crippen molar-refractivity contribution in [2.75, 3.05) is 19.8 Å². The molecule has 8 heteroatoms. The normalized spacial score (nSPS) is 12.4. The summed E-state index contributed by atoms with van der Waals surface area (Å²) in [5.41, 5.74) is 0.522. The van der Waals surface area contributed by atoms with Crippen LogP contribution in [-0.4, -0.2) is 52.0 Å². The van der Waals surface area contributed by atoms with Crippen LogP contribution in [0, 0.1) is 0 Å². The molecule has 0 aliphatic rings. The fraction of sp³-hybridized carbons (Fsp3) is 0.769. The summed E-state index contributed by atoms with van der Waals surface area (Å²) >= 11 is 5.83. The van der Waals surface area contributed by atoms with Gasteiger partial charge in [0.1, 0.15) is 0 Å². The molecule has 0 spiro atoms. The van der Waals surface area contributed by atoms with Crippen molar-refractivity contribution in [1.29, 1.82) is 0 Å². The lowest BCUT2D eigenvalue weighted by atomic mass is 10.3. The maximum absolute atomic E-state index is 11.7. The summed E-state index contributed by atoms with van der Waals surface area (Å²) in [4.78, 5) is 11.7. The number of aliphatic hydroxyl groups excluding tert-OH is 1. The maximum atomic E-state index is 11.7. The molecule has 0 bridgehead atoms. The molecule has 1 heterocycles. The first-order valence-electron chi connectivity index (χ1n) is 7.05. The predicted octanol–water partition coefficient (Wildman–Crippen LogP) is 1.37. The third kappa shape index (κ3) is 5.61. The van der Waals surface area contributed by atoms with E-state index in [1.165, 1.54) is 4.68 Å². The molecule has 1 aromatic rings. The van der Waals surface area contributed by atoms with E-state index in [4.69, 9.17) is 21.1 Å². The second kappa shape index (κ2) is 9.70. The SMILES string of the molecule is CCCCOCC(O)Cn1nnc(C(=O)OCC)c1CCl. The molecule has 0 aromatic carbocycles. The summed E-state index contributed by atoms with van der Waals surface area (Å²) in [5.74, 6) is -0.502. The van der Waals surface area contributed by atoms with Gasteiger partial charge < -0.3 is 14.6 Å². The first kappa shape index (κ1) is 17.9. The van der Waals surface area contributed by atoms with Crippen molar-refractivity contribution in [1.82, 2.24) is 15.0 Å². The van der Waals surface area contributed by atoms with Gasteiger partial charge in [-0.15, -0.1) is 16.7 Å². The molecule has 1 atom stereocenters. The van der Waals surface area contributed by atoms with Gasteiger partial charge in [-0.05, 0) is 13.3 Å². The number of carbonyl (C=O) groups excluding carboxylic acids is 1. The van der Waals surface area contributed by atoms with Crippen molar-refractivity contribution in [3.63, 3.8) is 0 Å². The lowest BCUT2D eigenvalue weighted by molar-refractivity contribution is 0.0247. The molecule has 1 aromatic heterocycles. The Hall–Kier alpha value is -1.18. The van der Waals surface area contributed by atoms with E-state index in [0.717, 1.165) is 12.8 Å². The van der Waals surface area contributed by atoms with Crippen LogP contribution in [0.5, 0.6) is 0 Å². The standard InChI is InChI=1S/C13H22ClN3O4/c1-3-5-6-20-9-10(18)8-17-11(7-14)12(15-16-17)13(19)21-4-2/h10,18H,3-9H2,1-2H3. The molecule has 21 heavy (non-hydrogen) atoms. The highest BCUT2D eigenvalue weighted by Crippen LogP contribution is 2.11. The first-order chi connectivity index (χ1) is 10.1. The first-order valence-corrected chi connectivity index (χ1v) is 7.58. The van der Waals surface area contributed by atoms with Crippen LogP contribution in [0.15, 0.2) is 0 Å². The van der Waals surface area contributed by atoms with Gasteiger partial charge in [-0.25, -0.2) is 9.48 Å². The Balaban J connectivity index is 2.60. The van der Waals surface area contributed by atoms with Crippen LogP contribution in [0.3, 0.4) is 0 Å². The Bertz CT molecular complexity index is 439. The number of aliphatic hydroxyl groups is 1. The van der Waals surface area contributed by atoms with E-state index in [2.05, 4.69) is 17.2 Å². The van der Waals surface area contributed by atoms with Crippen molar-refractivity contribution in [2.45, 2.75) is 45.2 Å². The number of ether oxygens (including phenoxy) is 2. The van der Waals surface area contributed by atoms with E-state index < -0.39 is 12.1 Å². The number of alkyl halides is 1. The molecule has 0 aliphatic heterocycles. The summed E-state index contributed by atoms with van der Waals surface area (Å²) in [6.07, 6.45) is 1.26. The summed E-state index contributed by atoms with van der Waals surface area (Å²) in [6, 6.07) is 0. The molecule has 0 saturated heterocycles. The number of unbranched alkanes of at least 4 members (excludes halogenated alkanes) is 1. The summed E-state index contributed by atoms with van der Waals surface area (Å²) in [6.45, 7) is 5.01. The van der Waals surface area contributed by atoms with Gasteiger partial charge in [-0.3, -0.25) is 0 Å². The van der Waals surface area contributed by atoms with Gasteiger partial charge in [0.05, 0.1) is 37.4 Å². The molecular formula is C13H22ClN3O4. The Morgan fingerprint density at radius 1 is 1.48 bits per heavy atom. The number of aromatic nitrogens is 3. The highest BCUT2D eigenvalue weighted by atomic mass is 35.5. The van der Waals surface area contributed by atoms with E-state index in [0.29, 0.717) is 12.3 Å². The van der Waals surface area contributed by atoms with Gasteiger partial charge in [0.25, 0.3) is 0 Å². The van der Waals surface area contributed by atoms with E-state index in [9.17, 15) is 9.90 Å². The monoisotopic (exact) mass is 319 g/mol. The highest BCUT2D eigenvalue weighted by molar-refractivity contribution is 6.17. The zero-order valence-corrected chi connectivity index (χ0v) is 13.2. The molecule has 1 unspecified atom stereocenters. The average molecular weight is 320 g/mol. The Morgan fingerprint density at radius 2 is 2.24 bits per heavy atom. The van der Waals surface area contributed by atoms with Crippen LogP contribution >= 0.6 is 11.6 Å². The number of esters is 1. The molecule has 0 amide bonds. The van der Waals surface area contributed by atoms with Crippen molar-refractivity contribution in [3.8, 4) is 0 Å². The van der Waals surface area contributed by atoms with E-state index in [-0.39, 0.29) is 31.3 Å². The predicted molar refractivity (Wildman–Crippen MR) is 77.3 cm³/mol. The molecule has 0 radical (unpaired) electrons. The third-order valence-electron chi connectivity index (χ3n) is 2.77. The van der Waals surface area contributed by atoms with Gasteiger partial charge in [-0.1, -0.05) is 18.6 Å². The molecule has 0 aliphatic carbocycles. The van der Waals surface area contributed by atoms with Crippen LogP contribution in [0.1, 0.15) is 42.9 Å². The third-order valence-corrected chi connectivity index (χ3v) is 3.02. The smallest absolute Gasteiger partial charge is 0.360 e. The fourth-order valence-electron chi connectivity index (χ4n) is 1.69. The number of hydrogen-bond acceptors (Lipinski definition) is 6. The number of nitrogens with zero attached hydrogens (tertiary/aromatic N) is 3. The van der Waals surface area contributed by atoms with E-state index in [1.807, 2.05) is 0 Å². The second-order valence-electron chi connectivity index (χ2n) is 4.50. The second-order valence-corrected chi connectivity index (χ2v) is 4.77. The highest BCUT2D eigenvalue weighted by Gasteiger charge is 2.21. The number of carbonyl (C=O) groups is 1. The minimum Gasteiger partial charge on any atom is -0.461 e. The van der Waals surface area contributed by atoms with Crippen LogP contribution in [0.25, 0.3) is 0 Å². The molecule has 7 nitrogen and oxygen atoms in total.